The highest BCUT2D eigenvalue weighted by Crippen LogP contribution is 2.33. The minimum Gasteiger partial charge on any atom is -0.465 e. The van der Waals surface area contributed by atoms with Crippen LogP contribution in [0.3, 0.4) is 0 Å². The molecule has 0 spiro atoms. The number of carbonyl (C=O) groups excluding carboxylic acids is 2. The average Bonchev–Trinajstić information content (AvgIpc) is 2.88. The minimum atomic E-state index is -4.73. The molecule has 148 valence electrons. The Morgan fingerprint density at radius 2 is 1.73 bits per heavy atom. The number of halogens is 3. The fourth-order valence-electron chi connectivity index (χ4n) is 2.37. The van der Waals surface area contributed by atoms with Crippen LogP contribution >= 0.6 is 0 Å². The number of rotatable bonds is 8. The molecule has 0 aromatic carbocycles. The minimum absolute atomic E-state index is 0.0978. The summed E-state index contributed by atoms with van der Waals surface area (Å²) < 4.78 is 49.1. The van der Waals surface area contributed by atoms with Crippen molar-refractivity contribution in [1.82, 2.24) is 15.0 Å². The number of hydrogen-bond acceptors (Lipinski definition) is 8. The molecular formula is C14H20F3N3O6. The van der Waals surface area contributed by atoms with E-state index in [1.165, 1.54) is 13.8 Å². The predicted octanol–water partition coefficient (Wildman–Crippen LogP) is 1.35. The van der Waals surface area contributed by atoms with E-state index in [0.717, 1.165) is 7.05 Å². The van der Waals surface area contributed by atoms with E-state index in [2.05, 4.69) is 5.10 Å². The van der Waals surface area contributed by atoms with Gasteiger partial charge in [0.15, 0.2) is 5.92 Å². The number of alkyl halides is 3. The molecular weight excluding hydrogens is 363 g/mol. The number of nitrogens with zero attached hydrogens (tertiary/aromatic N) is 3. The number of aromatic nitrogens is 2. The molecule has 0 aliphatic rings. The van der Waals surface area contributed by atoms with Crippen LogP contribution in [0.5, 0.6) is 0 Å². The fourth-order valence-corrected chi connectivity index (χ4v) is 2.37. The fraction of sp³-hybridized carbons (Fsp3) is 0.643. The molecule has 1 rings (SSSR count). The number of ether oxygens (including phenoxy) is 2. The van der Waals surface area contributed by atoms with Gasteiger partial charge in [-0.2, -0.15) is 18.3 Å². The van der Waals surface area contributed by atoms with Crippen molar-refractivity contribution < 1.29 is 42.6 Å². The molecule has 0 fully saturated rings. The second kappa shape index (κ2) is 8.96. The lowest BCUT2D eigenvalue weighted by Gasteiger charge is -2.23. The average molecular weight is 383 g/mol. The van der Waals surface area contributed by atoms with Crippen LogP contribution in [0.4, 0.5) is 13.2 Å². The Hall–Kier alpha value is -2.18. The van der Waals surface area contributed by atoms with Crippen LogP contribution in [0.2, 0.25) is 0 Å². The first-order chi connectivity index (χ1) is 12.0. The van der Waals surface area contributed by atoms with Gasteiger partial charge in [-0.25, -0.2) is 0 Å². The van der Waals surface area contributed by atoms with E-state index in [-0.39, 0.29) is 24.1 Å². The molecule has 2 N–H and O–H groups in total. The monoisotopic (exact) mass is 383 g/mol. The molecule has 0 radical (unpaired) electrons. The number of hydrogen-bond donors (Lipinski definition) is 2. The highest BCUT2D eigenvalue weighted by atomic mass is 19.4. The normalized spacial score (nSPS) is 13.2. The first kappa shape index (κ1) is 21.9. The molecule has 0 bridgehead atoms. The molecule has 12 heteroatoms. The second-order valence-corrected chi connectivity index (χ2v) is 5.22. The van der Waals surface area contributed by atoms with Gasteiger partial charge in [0.25, 0.3) is 0 Å². The van der Waals surface area contributed by atoms with Gasteiger partial charge in [0.1, 0.15) is 5.69 Å². The largest absolute Gasteiger partial charge is 0.465 e. The van der Waals surface area contributed by atoms with Gasteiger partial charge in [-0.15, -0.1) is 0 Å². The number of esters is 2. The zero-order valence-electron chi connectivity index (χ0n) is 14.4. The highest BCUT2D eigenvalue weighted by Gasteiger charge is 2.43. The maximum atomic E-state index is 13.0. The number of hydroxylamine groups is 2. The SMILES string of the molecule is CCOC(=O)C(C(=O)OCC)C(CN(O)O)c1cc(C(F)(F)F)n(C)n1. The first-order valence-corrected chi connectivity index (χ1v) is 7.62. The molecule has 9 nitrogen and oxygen atoms in total. The van der Waals surface area contributed by atoms with Gasteiger partial charge in [0.05, 0.1) is 25.5 Å². The molecule has 1 heterocycles. The van der Waals surface area contributed by atoms with E-state index >= 15 is 0 Å². The molecule has 0 amide bonds. The van der Waals surface area contributed by atoms with Crippen molar-refractivity contribution in [2.24, 2.45) is 13.0 Å². The Morgan fingerprint density at radius 3 is 2.08 bits per heavy atom. The maximum absolute atomic E-state index is 13.0. The van der Waals surface area contributed by atoms with Gasteiger partial charge >= 0.3 is 18.1 Å². The highest BCUT2D eigenvalue weighted by molar-refractivity contribution is 5.96. The molecule has 1 aromatic rings. The van der Waals surface area contributed by atoms with Crippen LogP contribution in [0, 0.1) is 5.92 Å². The van der Waals surface area contributed by atoms with Crippen LogP contribution < -0.4 is 0 Å². The molecule has 1 aromatic heterocycles. The molecule has 0 saturated heterocycles. The summed E-state index contributed by atoms with van der Waals surface area (Å²) in [6.07, 6.45) is -4.73. The summed E-state index contributed by atoms with van der Waals surface area (Å²) in [4.78, 5) is 24.4. The summed E-state index contributed by atoms with van der Waals surface area (Å²) in [5.41, 5.74) is -1.48. The zero-order valence-corrected chi connectivity index (χ0v) is 14.4. The second-order valence-electron chi connectivity index (χ2n) is 5.22. The van der Waals surface area contributed by atoms with Gasteiger partial charge in [-0.05, 0) is 19.9 Å². The van der Waals surface area contributed by atoms with E-state index in [9.17, 15) is 22.8 Å². The van der Waals surface area contributed by atoms with Crippen molar-refractivity contribution in [3.63, 3.8) is 0 Å². The third-order valence-electron chi connectivity index (χ3n) is 3.41. The quantitative estimate of drug-likeness (QED) is 0.393. The van der Waals surface area contributed by atoms with Crippen LogP contribution in [-0.4, -0.2) is 57.1 Å². The Kier molecular flexibility index (Phi) is 7.54. The van der Waals surface area contributed by atoms with Crippen molar-refractivity contribution in [3.8, 4) is 0 Å². The summed E-state index contributed by atoms with van der Waals surface area (Å²) >= 11 is 0. The molecule has 1 atom stereocenters. The Balaban J connectivity index is 3.40. The van der Waals surface area contributed by atoms with Crippen LogP contribution in [0.15, 0.2) is 6.07 Å². The van der Waals surface area contributed by atoms with E-state index in [0.29, 0.717) is 10.7 Å². The standard InChI is InChI=1S/C14H20F3N3O6/c1-4-25-12(21)11(13(22)26-5-2)8(7-20(23)24)9-6-10(14(15,16)17)19(3)18-9/h6,8,11,23-24H,4-5,7H2,1-3H3. The Labute approximate surface area is 146 Å². The van der Waals surface area contributed by atoms with Crippen molar-refractivity contribution in [1.29, 1.82) is 0 Å². The zero-order chi connectivity index (χ0) is 20.1. The van der Waals surface area contributed by atoms with E-state index in [4.69, 9.17) is 19.9 Å². The maximum Gasteiger partial charge on any atom is 0.433 e. The lowest BCUT2D eigenvalue weighted by molar-refractivity contribution is -0.309. The molecule has 26 heavy (non-hydrogen) atoms. The van der Waals surface area contributed by atoms with Gasteiger partial charge < -0.3 is 9.47 Å². The van der Waals surface area contributed by atoms with Crippen LogP contribution in [-0.2, 0) is 32.3 Å². The lowest BCUT2D eigenvalue weighted by Crippen LogP contribution is -2.38. The van der Waals surface area contributed by atoms with E-state index in [1.807, 2.05) is 0 Å². The third-order valence-corrected chi connectivity index (χ3v) is 3.41. The summed E-state index contributed by atoms with van der Waals surface area (Å²) in [7, 11) is 1.03. The third kappa shape index (κ3) is 5.41. The Morgan fingerprint density at radius 1 is 1.23 bits per heavy atom. The van der Waals surface area contributed by atoms with Crippen LogP contribution in [0.1, 0.15) is 31.2 Å². The van der Waals surface area contributed by atoms with Crippen molar-refractivity contribution >= 4 is 11.9 Å². The number of aryl methyl sites for hydroxylation is 1. The molecule has 0 aliphatic heterocycles. The lowest BCUT2D eigenvalue weighted by atomic mass is 9.89. The summed E-state index contributed by atoms with van der Waals surface area (Å²) in [6.45, 7) is 1.97. The first-order valence-electron chi connectivity index (χ1n) is 7.62. The Bertz CT molecular complexity index is 614. The predicted molar refractivity (Wildman–Crippen MR) is 78.0 cm³/mol. The van der Waals surface area contributed by atoms with Crippen LogP contribution in [0.25, 0.3) is 0 Å². The van der Waals surface area contributed by atoms with E-state index in [1.54, 1.807) is 0 Å². The van der Waals surface area contributed by atoms with Crippen molar-refractivity contribution in [2.75, 3.05) is 19.8 Å². The molecule has 0 aliphatic carbocycles. The van der Waals surface area contributed by atoms with Crippen molar-refractivity contribution in [3.05, 3.63) is 17.5 Å². The topological polar surface area (TPSA) is 114 Å². The van der Waals surface area contributed by atoms with Gasteiger partial charge in [-0.3, -0.25) is 24.7 Å². The van der Waals surface area contributed by atoms with Gasteiger partial charge in [0, 0.05) is 13.0 Å². The smallest absolute Gasteiger partial charge is 0.433 e. The number of carbonyl (C=O) groups is 2. The summed E-state index contributed by atoms with van der Waals surface area (Å²) in [5, 5.41) is 21.6. The summed E-state index contributed by atoms with van der Waals surface area (Å²) in [6, 6.07) is 0.625. The van der Waals surface area contributed by atoms with Gasteiger partial charge in [0.2, 0.25) is 0 Å². The van der Waals surface area contributed by atoms with Crippen molar-refractivity contribution in [2.45, 2.75) is 25.9 Å². The molecule has 1 unspecified atom stereocenters. The van der Waals surface area contributed by atoms with E-state index < -0.39 is 42.2 Å². The van der Waals surface area contributed by atoms with Gasteiger partial charge in [-0.1, -0.05) is 5.23 Å². The molecule has 0 saturated carbocycles. The summed E-state index contributed by atoms with van der Waals surface area (Å²) in [5.74, 6) is -5.33.